The van der Waals surface area contributed by atoms with Crippen LogP contribution in [0.4, 0.5) is 0 Å². The number of benzene rings is 2. The van der Waals surface area contributed by atoms with Gasteiger partial charge in [0.25, 0.3) is 0 Å². The minimum atomic E-state index is -0.516. The van der Waals surface area contributed by atoms with Gasteiger partial charge in [0.2, 0.25) is 0 Å². The summed E-state index contributed by atoms with van der Waals surface area (Å²) in [5.74, 6) is -0.134. The molecule has 0 atom stereocenters. The van der Waals surface area contributed by atoms with Gasteiger partial charge in [0.05, 0.1) is 30.3 Å². The van der Waals surface area contributed by atoms with E-state index in [9.17, 15) is 14.9 Å². The Bertz CT molecular complexity index is 1230. The smallest absolute Gasteiger partial charge is 0.195 e. The van der Waals surface area contributed by atoms with Crippen molar-refractivity contribution in [1.29, 1.82) is 5.26 Å². The number of fused-ring (bicyclic) bond motifs is 4. The van der Waals surface area contributed by atoms with Crippen molar-refractivity contribution < 1.29 is 14.7 Å². The van der Waals surface area contributed by atoms with Crippen molar-refractivity contribution in [3.05, 3.63) is 69.9 Å². The van der Waals surface area contributed by atoms with Crippen LogP contribution in [0.2, 0.25) is 0 Å². The van der Waals surface area contributed by atoms with Crippen molar-refractivity contribution in [1.82, 2.24) is 9.88 Å². The van der Waals surface area contributed by atoms with E-state index in [0.717, 1.165) is 22.2 Å². The molecule has 0 amide bonds. The van der Waals surface area contributed by atoms with Gasteiger partial charge >= 0.3 is 0 Å². The van der Waals surface area contributed by atoms with E-state index >= 15 is 0 Å². The Hall–Kier alpha value is -3.27. The molecule has 3 aromatic rings. The fourth-order valence-corrected chi connectivity index (χ4v) is 4.26. The van der Waals surface area contributed by atoms with Gasteiger partial charge in [0, 0.05) is 39.7 Å². The summed E-state index contributed by atoms with van der Waals surface area (Å²) >= 11 is 0. The Balaban J connectivity index is 1.81. The maximum atomic E-state index is 13.4. The molecule has 0 aliphatic heterocycles. The van der Waals surface area contributed by atoms with Gasteiger partial charge < -0.3 is 10.1 Å². The monoisotopic (exact) mass is 401 g/mol. The van der Waals surface area contributed by atoms with Crippen LogP contribution in [0.1, 0.15) is 56.9 Å². The van der Waals surface area contributed by atoms with Crippen LogP contribution in [-0.4, -0.2) is 53.3 Å². The Morgan fingerprint density at radius 3 is 2.70 bits per heavy atom. The van der Waals surface area contributed by atoms with E-state index in [2.05, 4.69) is 11.1 Å². The number of likely N-dealkylation sites (N-methyl/N-ethyl adjacent to an activating group) is 1. The molecular weight excluding hydrogens is 378 g/mol. The first-order valence-corrected chi connectivity index (χ1v) is 9.86. The number of hydrogen-bond acceptors (Lipinski definition) is 5. The predicted molar refractivity (Wildman–Crippen MR) is 114 cm³/mol. The highest BCUT2D eigenvalue weighted by atomic mass is 16.3. The third-order valence-electron chi connectivity index (χ3n) is 5.93. The largest absolute Gasteiger partial charge is 0.395 e. The highest BCUT2D eigenvalue weighted by Gasteiger charge is 2.40. The average molecular weight is 401 g/mol. The van der Waals surface area contributed by atoms with Crippen LogP contribution in [0.3, 0.4) is 0 Å². The first-order valence-electron chi connectivity index (χ1n) is 9.86. The molecule has 6 nitrogen and oxygen atoms in total. The number of aromatic amines is 1. The molecule has 1 aliphatic carbocycles. The van der Waals surface area contributed by atoms with E-state index in [-0.39, 0.29) is 24.7 Å². The first kappa shape index (κ1) is 20.0. The van der Waals surface area contributed by atoms with Crippen molar-refractivity contribution in [2.24, 2.45) is 0 Å². The second kappa shape index (κ2) is 7.21. The lowest BCUT2D eigenvalue weighted by molar-refractivity contribution is 0.0934. The topological polar surface area (TPSA) is 97.2 Å². The van der Waals surface area contributed by atoms with E-state index in [0.29, 0.717) is 28.8 Å². The molecular formula is C24H23N3O3. The van der Waals surface area contributed by atoms with Crippen molar-refractivity contribution >= 4 is 22.5 Å². The van der Waals surface area contributed by atoms with Crippen LogP contribution < -0.4 is 0 Å². The number of nitrogens with zero attached hydrogens (tertiary/aromatic N) is 2. The average Bonchev–Trinajstić information content (AvgIpc) is 3.12. The zero-order valence-electron chi connectivity index (χ0n) is 17.2. The highest BCUT2D eigenvalue weighted by molar-refractivity contribution is 6.20. The van der Waals surface area contributed by atoms with E-state index in [1.54, 1.807) is 36.2 Å². The molecule has 0 radical (unpaired) electrons. The number of Topliss-reactive ketones (excluding diaryl/α,β-unsaturated/α-hetero) is 1. The Morgan fingerprint density at radius 2 is 2.00 bits per heavy atom. The lowest BCUT2D eigenvalue weighted by atomic mass is 9.70. The molecule has 6 heteroatoms. The molecule has 30 heavy (non-hydrogen) atoms. The van der Waals surface area contributed by atoms with Crippen LogP contribution in [0, 0.1) is 11.3 Å². The van der Waals surface area contributed by atoms with Crippen LogP contribution in [0.25, 0.3) is 10.9 Å². The second-order valence-corrected chi connectivity index (χ2v) is 8.35. The molecule has 0 bridgehead atoms. The number of carbonyl (C=O) groups is 2. The molecule has 0 unspecified atom stereocenters. The Labute approximate surface area is 174 Å². The maximum Gasteiger partial charge on any atom is 0.195 e. The van der Waals surface area contributed by atoms with Crippen molar-refractivity contribution in [3.8, 4) is 6.07 Å². The molecule has 1 aliphatic rings. The van der Waals surface area contributed by atoms with Crippen molar-refractivity contribution in [3.63, 3.8) is 0 Å². The molecule has 0 saturated heterocycles. The van der Waals surface area contributed by atoms with Crippen molar-refractivity contribution in [2.45, 2.75) is 19.3 Å². The molecule has 152 valence electrons. The van der Waals surface area contributed by atoms with Gasteiger partial charge in [-0.1, -0.05) is 32.0 Å². The third kappa shape index (κ3) is 3.04. The Kier molecular flexibility index (Phi) is 4.81. The quantitative estimate of drug-likeness (QED) is 0.641. The fourth-order valence-electron chi connectivity index (χ4n) is 4.26. The first-order chi connectivity index (χ1) is 14.3. The van der Waals surface area contributed by atoms with Crippen molar-refractivity contribution in [2.75, 3.05) is 26.7 Å². The molecule has 1 heterocycles. The summed E-state index contributed by atoms with van der Waals surface area (Å²) in [5.41, 5.74) is 4.16. The fraction of sp³-hybridized carbons (Fsp3) is 0.292. The summed E-state index contributed by atoms with van der Waals surface area (Å²) < 4.78 is 0. The normalized spacial score (nSPS) is 14.5. The van der Waals surface area contributed by atoms with Crippen LogP contribution >= 0.6 is 0 Å². The van der Waals surface area contributed by atoms with Gasteiger partial charge in [-0.2, -0.15) is 5.26 Å². The summed E-state index contributed by atoms with van der Waals surface area (Å²) in [4.78, 5) is 31.2. The summed E-state index contributed by atoms with van der Waals surface area (Å²) in [6, 6.07) is 12.7. The van der Waals surface area contributed by atoms with Crippen LogP contribution in [0.5, 0.6) is 0 Å². The van der Waals surface area contributed by atoms with E-state index in [1.807, 2.05) is 26.0 Å². The third-order valence-corrected chi connectivity index (χ3v) is 5.93. The molecule has 2 N–H and O–H groups in total. The summed E-state index contributed by atoms with van der Waals surface area (Å²) in [7, 11) is 1.78. The van der Waals surface area contributed by atoms with E-state index in [4.69, 9.17) is 5.11 Å². The second-order valence-electron chi connectivity index (χ2n) is 8.35. The van der Waals surface area contributed by atoms with Crippen LogP contribution in [0.15, 0.2) is 36.4 Å². The number of aliphatic hydroxyl groups is 1. The minimum absolute atomic E-state index is 0.00776. The van der Waals surface area contributed by atoms with E-state index < -0.39 is 5.41 Å². The molecule has 0 saturated carbocycles. The number of nitriles is 1. The number of carbonyl (C=O) groups excluding carboxylic acids is 2. The van der Waals surface area contributed by atoms with E-state index in [1.165, 1.54) is 0 Å². The lowest BCUT2D eigenvalue weighted by Crippen LogP contribution is -2.32. The Morgan fingerprint density at radius 1 is 1.23 bits per heavy atom. The number of ketones is 2. The van der Waals surface area contributed by atoms with Crippen LogP contribution in [-0.2, 0) is 5.41 Å². The zero-order valence-corrected chi connectivity index (χ0v) is 17.2. The summed E-state index contributed by atoms with van der Waals surface area (Å²) in [6.07, 6.45) is 0. The zero-order chi connectivity index (χ0) is 21.6. The number of nitrogens with one attached hydrogen (secondary N) is 1. The van der Waals surface area contributed by atoms with Gasteiger partial charge in [-0.3, -0.25) is 14.5 Å². The highest BCUT2D eigenvalue weighted by Crippen LogP contribution is 2.44. The summed E-state index contributed by atoms with van der Waals surface area (Å²) in [6.45, 7) is 4.67. The number of hydrogen-bond donors (Lipinski definition) is 2. The molecule has 4 rings (SSSR count). The van der Waals surface area contributed by atoms with Gasteiger partial charge in [-0.15, -0.1) is 0 Å². The summed E-state index contributed by atoms with van der Waals surface area (Å²) in [5, 5.41) is 19.0. The van der Waals surface area contributed by atoms with Gasteiger partial charge in [0.1, 0.15) is 0 Å². The number of H-pyrrole nitrogens is 1. The van der Waals surface area contributed by atoms with Gasteiger partial charge in [0.15, 0.2) is 11.6 Å². The maximum absolute atomic E-state index is 13.4. The lowest BCUT2D eigenvalue weighted by Gasteiger charge is -2.32. The molecule has 0 spiro atoms. The number of aliphatic hydroxyl groups excluding tert-OH is 1. The minimum Gasteiger partial charge on any atom is -0.395 e. The molecule has 2 aromatic carbocycles. The molecule has 0 fully saturated rings. The number of rotatable bonds is 5. The number of aromatic nitrogens is 1. The van der Waals surface area contributed by atoms with Gasteiger partial charge in [-0.05, 0) is 30.8 Å². The van der Waals surface area contributed by atoms with Gasteiger partial charge in [-0.25, -0.2) is 0 Å². The molecule has 1 aromatic heterocycles. The standard InChI is InChI=1S/C24H23N3O3/c1-24(2)18-11-15(20(29)13-27(3)8-9-28)5-7-16(18)22(30)21-17-6-4-14(12-25)10-19(17)26-23(21)24/h4-7,10-11,26,28H,8-9,13H2,1-3H3. The SMILES string of the molecule is CN(CCO)CC(=O)c1ccc2c(c1)C(C)(C)c1[nH]c3cc(C#N)ccc3c1C2=O. The predicted octanol–water partition coefficient (Wildman–Crippen LogP) is 3.02.